The van der Waals surface area contributed by atoms with Crippen molar-refractivity contribution in [1.82, 2.24) is 10.6 Å². The number of ether oxygens (including phenoxy) is 1. The first-order valence-corrected chi connectivity index (χ1v) is 7.44. The lowest BCUT2D eigenvalue weighted by Gasteiger charge is -2.40. The van der Waals surface area contributed by atoms with Crippen molar-refractivity contribution in [1.29, 1.82) is 0 Å². The van der Waals surface area contributed by atoms with Crippen LogP contribution in [0.3, 0.4) is 0 Å². The molecule has 4 nitrogen and oxygen atoms in total. The van der Waals surface area contributed by atoms with Crippen molar-refractivity contribution in [2.45, 2.75) is 52.5 Å². The summed E-state index contributed by atoms with van der Waals surface area (Å²) in [6.45, 7) is 8.58. The van der Waals surface area contributed by atoms with E-state index in [4.69, 9.17) is 4.74 Å². The zero-order chi connectivity index (χ0) is 14.3. The fourth-order valence-electron chi connectivity index (χ4n) is 2.97. The monoisotopic (exact) mass is 270 g/mol. The van der Waals surface area contributed by atoms with Gasteiger partial charge >= 0.3 is 0 Å². The van der Waals surface area contributed by atoms with Crippen molar-refractivity contribution in [3.8, 4) is 0 Å². The summed E-state index contributed by atoms with van der Waals surface area (Å²) in [5, 5.41) is 6.30. The first-order valence-electron chi connectivity index (χ1n) is 7.44. The second-order valence-corrected chi connectivity index (χ2v) is 6.60. The first-order chi connectivity index (χ1) is 8.95. The molecular weight excluding hydrogens is 240 g/mol. The van der Waals surface area contributed by atoms with E-state index in [2.05, 4.69) is 31.4 Å². The molecule has 0 unspecified atom stereocenters. The summed E-state index contributed by atoms with van der Waals surface area (Å²) < 4.78 is 4.94. The molecule has 0 aromatic rings. The van der Waals surface area contributed by atoms with Gasteiger partial charge in [-0.25, -0.2) is 0 Å². The average molecular weight is 270 g/mol. The molecule has 112 valence electrons. The maximum Gasteiger partial charge on any atom is 0.234 e. The van der Waals surface area contributed by atoms with Gasteiger partial charge in [-0.05, 0) is 24.2 Å². The fraction of sp³-hybridized carbons (Fsp3) is 0.933. The lowest BCUT2D eigenvalue weighted by Crippen LogP contribution is -2.49. The van der Waals surface area contributed by atoms with Crippen molar-refractivity contribution >= 4 is 5.91 Å². The Labute approximate surface area is 117 Å². The van der Waals surface area contributed by atoms with Crippen LogP contribution in [0.2, 0.25) is 0 Å². The molecule has 1 rings (SSSR count). The van der Waals surface area contributed by atoms with E-state index in [-0.39, 0.29) is 11.3 Å². The van der Waals surface area contributed by atoms with Crippen LogP contribution in [0.5, 0.6) is 0 Å². The summed E-state index contributed by atoms with van der Waals surface area (Å²) in [5.74, 6) is 0.696. The zero-order valence-electron chi connectivity index (χ0n) is 12.9. The molecule has 0 aromatic heterocycles. The van der Waals surface area contributed by atoms with E-state index in [1.165, 1.54) is 19.3 Å². The van der Waals surface area contributed by atoms with Crippen molar-refractivity contribution in [2.24, 2.45) is 11.3 Å². The van der Waals surface area contributed by atoms with Gasteiger partial charge < -0.3 is 15.4 Å². The molecule has 2 N–H and O–H groups in total. The largest absolute Gasteiger partial charge is 0.383 e. The van der Waals surface area contributed by atoms with Crippen molar-refractivity contribution in [3.05, 3.63) is 0 Å². The SMILES string of the molecule is COCCNCC(=O)N[C@H]1CCCC[C@@H]1C(C)(C)C. The number of rotatable bonds is 6. The molecule has 0 aromatic carbocycles. The van der Waals surface area contributed by atoms with Crippen LogP contribution < -0.4 is 10.6 Å². The van der Waals surface area contributed by atoms with E-state index in [1.807, 2.05) is 0 Å². The molecule has 1 aliphatic rings. The molecule has 0 saturated heterocycles. The second kappa shape index (κ2) is 7.85. The summed E-state index contributed by atoms with van der Waals surface area (Å²) in [7, 11) is 1.66. The Bertz CT molecular complexity index is 274. The Morgan fingerprint density at radius 2 is 1.95 bits per heavy atom. The van der Waals surface area contributed by atoms with Gasteiger partial charge in [0.05, 0.1) is 13.2 Å². The van der Waals surface area contributed by atoms with Gasteiger partial charge in [0, 0.05) is 19.7 Å². The lowest BCUT2D eigenvalue weighted by atomic mass is 9.69. The van der Waals surface area contributed by atoms with Crippen molar-refractivity contribution in [2.75, 3.05) is 26.8 Å². The molecule has 0 spiro atoms. The van der Waals surface area contributed by atoms with Gasteiger partial charge in [-0.15, -0.1) is 0 Å². The molecular formula is C15H30N2O2. The highest BCUT2D eigenvalue weighted by Crippen LogP contribution is 2.37. The Morgan fingerprint density at radius 3 is 2.58 bits per heavy atom. The summed E-state index contributed by atoms with van der Waals surface area (Å²) in [6, 6.07) is 0.338. The van der Waals surface area contributed by atoms with Gasteiger partial charge in [0.25, 0.3) is 0 Å². The third kappa shape index (κ3) is 5.91. The molecule has 0 radical (unpaired) electrons. The predicted molar refractivity (Wildman–Crippen MR) is 78.1 cm³/mol. The second-order valence-electron chi connectivity index (χ2n) is 6.60. The highest BCUT2D eigenvalue weighted by atomic mass is 16.5. The average Bonchev–Trinajstić information content (AvgIpc) is 2.34. The molecule has 0 bridgehead atoms. The Hall–Kier alpha value is -0.610. The summed E-state index contributed by atoms with van der Waals surface area (Å²) in [4.78, 5) is 11.9. The van der Waals surface area contributed by atoms with Gasteiger partial charge in [0.2, 0.25) is 5.91 Å². The van der Waals surface area contributed by atoms with E-state index >= 15 is 0 Å². The van der Waals surface area contributed by atoms with E-state index in [0.29, 0.717) is 25.1 Å². The van der Waals surface area contributed by atoms with Crippen LogP contribution in [0.1, 0.15) is 46.5 Å². The number of hydrogen-bond donors (Lipinski definition) is 2. The zero-order valence-corrected chi connectivity index (χ0v) is 12.9. The smallest absolute Gasteiger partial charge is 0.234 e. The minimum Gasteiger partial charge on any atom is -0.383 e. The topological polar surface area (TPSA) is 50.4 Å². The normalized spacial score (nSPS) is 24.2. The van der Waals surface area contributed by atoms with Crippen molar-refractivity contribution in [3.63, 3.8) is 0 Å². The lowest BCUT2D eigenvalue weighted by molar-refractivity contribution is -0.122. The van der Waals surface area contributed by atoms with E-state index < -0.39 is 0 Å². The molecule has 1 amide bonds. The third-order valence-electron chi connectivity index (χ3n) is 3.99. The highest BCUT2D eigenvalue weighted by Gasteiger charge is 2.34. The predicted octanol–water partition coefficient (Wildman–Crippen LogP) is 1.94. The van der Waals surface area contributed by atoms with Crippen LogP contribution in [-0.4, -0.2) is 38.8 Å². The Balaban J connectivity index is 2.38. The third-order valence-corrected chi connectivity index (χ3v) is 3.99. The summed E-state index contributed by atoms with van der Waals surface area (Å²) in [6.07, 6.45) is 4.87. The van der Waals surface area contributed by atoms with Gasteiger partial charge in [0.1, 0.15) is 0 Å². The molecule has 0 aliphatic heterocycles. The minimum atomic E-state index is 0.109. The fourth-order valence-corrected chi connectivity index (χ4v) is 2.97. The Morgan fingerprint density at radius 1 is 1.26 bits per heavy atom. The quantitative estimate of drug-likeness (QED) is 0.725. The number of carbonyl (C=O) groups excluding carboxylic acids is 1. The van der Waals surface area contributed by atoms with E-state index in [9.17, 15) is 4.79 Å². The molecule has 1 fully saturated rings. The molecule has 1 saturated carbocycles. The molecule has 4 heteroatoms. The summed E-state index contributed by atoms with van der Waals surface area (Å²) >= 11 is 0. The molecule has 0 heterocycles. The van der Waals surface area contributed by atoms with Gasteiger partial charge in [0.15, 0.2) is 0 Å². The van der Waals surface area contributed by atoms with Crippen LogP contribution in [0.25, 0.3) is 0 Å². The summed E-state index contributed by atoms with van der Waals surface area (Å²) in [5.41, 5.74) is 0.266. The number of nitrogens with one attached hydrogen (secondary N) is 2. The molecule has 19 heavy (non-hydrogen) atoms. The van der Waals surface area contributed by atoms with Crippen molar-refractivity contribution < 1.29 is 9.53 Å². The Kier molecular flexibility index (Phi) is 6.80. The minimum absolute atomic E-state index is 0.109. The molecule has 2 atom stereocenters. The van der Waals surface area contributed by atoms with Crippen LogP contribution in [0, 0.1) is 11.3 Å². The van der Waals surface area contributed by atoms with Crippen LogP contribution in [-0.2, 0) is 9.53 Å². The van der Waals surface area contributed by atoms with E-state index in [0.717, 1.165) is 13.0 Å². The van der Waals surface area contributed by atoms with Gasteiger partial charge in [-0.3, -0.25) is 4.79 Å². The van der Waals surface area contributed by atoms with Crippen LogP contribution in [0.4, 0.5) is 0 Å². The maximum absolute atomic E-state index is 11.9. The van der Waals surface area contributed by atoms with Gasteiger partial charge in [-0.1, -0.05) is 33.6 Å². The highest BCUT2D eigenvalue weighted by molar-refractivity contribution is 5.78. The number of amides is 1. The van der Waals surface area contributed by atoms with Gasteiger partial charge in [-0.2, -0.15) is 0 Å². The number of methoxy groups -OCH3 is 1. The molecule has 1 aliphatic carbocycles. The standard InChI is InChI=1S/C15H30N2O2/c1-15(2,3)12-7-5-6-8-13(12)17-14(18)11-16-9-10-19-4/h12-13,16H,5-11H2,1-4H3,(H,17,18)/t12-,13-/m0/s1. The van der Waals surface area contributed by atoms with Crippen LogP contribution >= 0.6 is 0 Å². The van der Waals surface area contributed by atoms with Crippen LogP contribution in [0.15, 0.2) is 0 Å². The number of carbonyl (C=O) groups is 1. The van der Waals surface area contributed by atoms with E-state index in [1.54, 1.807) is 7.11 Å². The number of hydrogen-bond acceptors (Lipinski definition) is 3. The maximum atomic E-state index is 11.9. The first kappa shape index (κ1) is 16.4.